The molecule has 0 amide bonds. The summed E-state index contributed by atoms with van der Waals surface area (Å²) >= 11 is 4.76. The molecule has 1 N–H and O–H groups in total. The molecule has 0 saturated carbocycles. The van der Waals surface area contributed by atoms with E-state index in [9.17, 15) is 4.39 Å². The Balaban J connectivity index is 1.97. The maximum atomic E-state index is 13.1. The first kappa shape index (κ1) is 13.3. The van der Waals surface area contributed by atoms with Crippen LogP contribution in [0.4, 0.5) is 9.52 Å². The van der Waals surface area contributed by atoms with Gasteiger partial charge in [0, 0.05) is 23.3 Å². The average Bonchev–Trinajstić information content (AvgIpc) is 2.74. The average molecular weight is 331 g/mol. The number of thiazole rings is 1. The van der Waals surface area contributed by atoms with Crippen LogP contribution in [0.5, 0.6) is 5.75 Å². The molecule has 2 aromatic rings. The second-order valence-corrected chi connectivity index (χ2v) is 5.59. The Morgan fingerprint density at radius 2 is 2.28 bits per heavy atom. The summed E-state index contributed by atoms with van der Waals surface area (Å²) < 4.78 is 19.3. The van der Waals surface area contributed by atoms with Gasteiger partial charge in [-0.05, 0) is 19.1 Å². The van der Waals surface area contributed by atoms with Crippen molar-refractivity contribution in [3.63, 3.8) is 0 Å². The molecular formula is C12H12BrFN2OS. The SMILES string of the molecule is CCNc1ncc(COc2cc(F)cc(Br)c2)s1. The van der Waals surface area contributed by atoms with Gasteiger partial charge in [-0.15, -0.1) is 0 Å². The Hall–Kier alpha value is -1.14. The van der Waals surface area contributed by atoms with Crippen molar-refractivity contribution in [3.05, 3.63) is 39.6 Å². The minimum atomic E-state index is -0.322. The van der Waals surface area contributed by atoms with Crippen LogP contribution in [-0.2, 0) is 6.61 Å². The summed E-state index contributed by atoms with van der Waals surface area (Å²) in [4.78, 5) is 5.19. The molecule has 1 aromatic carbocycles. The van der Waals surface area contributed by atoms with Gasteiger partial charge in [0.2, 0.25) is 0 Å². The van der Waals surface area contributed by atoms with Crippen LogP contribution in [0, 0.1) is 5.82 Å². The minimum absolute atomic E-state index is 0.322. The third-order valence-electron chi connectivity index (χ3n) is 2.10. The van der Waals surface area contributed by atoms with Crippen molar-refractivity contribution >= 4 is 32.4 Å². The second-order valence-electron chi connectivity index (χ2n) is 3.56. The summed E-state index contributed by atoms with van der Waals surface area (Å²) in [7, 11) is 0. The van der Waals surface area contributed by atoms with Gasteiger partial charge in [-0.2, -0.15) is 0 Å². The summed E-state index contributed by atoms with van der Waals surface area (Å²) in [6.07, 6.45) is 1.76. The molecule has 0 bridgehead atoms. The standard InChI is InChI=1S/C12H12BrFN2OS/c1-2-15-12-16-6-11(18-12)7-17-10-4-8(13)3-9(14)5-10/h3-6H,2,7H2,1H3,(H,15,16). The van der Waals surface area contributed by atoms with E-state index in [1.54, 1.807) is 12.3 Å². The molecule has 0 atom stereocenters. The smallest absolute Gasteiger partial charge is 0.182 e. The van der Waals surface area contributed by atoms with Crippen molar-refractivity contribution in [2.75, 3.05) is 11.9 Å². The van der Waals surface area contributed by atoms with Gasteiger partial charge in [0.1, 0.15) is 18.2 Å². The zero-order valence-electron chi connectivity index (χ0n) is 9.74. The van der Waals surface area contributed by atoms with E-state index in [0.29, 0.717) is 16.8 Å². The number of ether oxygens (including phenoxy) is 1. The Kier molecular flexibility index (Phi) is 4.54. The lowest BCUT2D eigenvalue weighted by Gasteiger charge is -2.04. The molecule has 18 heavy (non-hydrogen) atoms. The molecule has 1 heterocycles. The van der Waals surface area contributed by atoms with E-state index in [4.69, 9.17) is 4.74 Å². The Bertz CT molecular complexity index is 512. The highest BCUT2D eigenvalue weighted by Crippen LogP contribution is 2.23. The lowest BCUT2D eigenvalue weighted by atomic mass is 10.3. The molecule has 2 rings (SSSR count). The van der Waals surface area contributed by atoms with Crippen LogP contribution in [0.15, 0.2) is 28.9 Å². The first-order valence-electron chi connectivity index (χ1n) is 5.45. The number of nitrogens with zero attached hydrogens (tertiary/aromatic N) is 1. The molecule has 6 heteroatoms. The first-order chi connectivity index (χ1) is 8.67. The summed E-state index contributed by atoms with van der Waals surface area (Å²) in [5.41, 5.74) is 0. The molecule has 96 valence electrons. The molecule has 1 aromatic heterocycles. The van der Waals surface area contributed by atoms with Crippen LogP contribution in [0.25, 0.3) is 0 Å². The molecule has 0 saturated heterocycles. The number of nitrogens with one attached hydrogen (secondary N) is 1. The minimum Gasteiger partial charge on any atom is -0.488 e. The molecule has 0 aliphatic rings. The highest BCUT2D eigenvalue weighted by molar-refractivity contribution is 9.10. The maximum Gasteiger partial charge on any atom is 0.182 e. The van der Waals surface area contributed by atoms with Gasteiger partial charge in [-0.3, -0.25) is 0 Å². The van der Waals surface area contributed by atoms with E-state index in [2.05, 4.69) is 26.2 Å². The lowest BCUT2D eigenvalue weighted by Crippen LogP contribution is -1.94. The van der Waals surface area contributed by atoms with Crippen LogP contribution in [-0.4, -0.2) is 11.5 Å². The monoisotopic (exact) mass is 330 g/mol. The van der Waals surface area contributed by atoms with E-state index >= 15 is 0 Å². The van der Waals surface area contributed by atoms with Crippen molar-refractivity contribution in [2.45, 2.75) is 13.5 Å². The third kappa shape index (κ3) is 3.68. The molecule has 0 fully saturated rings. The fourth-order valence-electron chi connectivity index (χ4n) is 1.37. The van der Waals surface area contributed by atoms with Gasteiger partial charge >= 0.3 is 0 Å². The predicted molar refractivity (Wildman–Crippen MR) is 74.7 cm³/mol. The van der Waals surface area contributed by atoms with Crippen molar-refractivity contribution in [1.82, 2.24) is 4.98 Å². The number of hydrogen-bond acceptors (Lipinski definition) is 4. The van der Waals surface area contributed by atoms with E-state index in [-0.39, 0.29) is 5.82 Å². The van der Waals surface area contributed by atoms with E-state index in [0.717, 1.165) is 16.6 Å². The fraction of sp³-hybridized carbons (Fsp3) is 0.250. The number of hydrogen-bond donors (Lipinski definition) is 1. The van der Waals surface area contributed by atoms with Gasteiger partial charge in [-0.1, -0.05) is 27.3 Å². The number of benzene rings is 1. The van der Waals surface area contributed by atoms with Gasteiger partial charge < -0.3 is 10.1 Å². The second kappa shape index (κ2) is 6.15. The maximum absolute atomic E-state index is 13.1. The van der Waals surface area contributed by atoms with Crippen molar-refractivity contribution in [1.29, 1.82) is 0 Å². The third-order valence-corrected chi connectivity index (χ3v) is 3.49. The van der Waals surface area contributed by atoms with E-state index in [1.807, 2.05) is 6.92 Å². The highest BCUT2D eigenvalue weighted by atomic mass is 79.9. The molecular weight excluding hydrogens is 319 g/mol. The topological polar surface area (TPSA) is 34.2 Å². The summed E-state index contributed by atoms with van der Waals surface area (Å²) in [5.74, 6) is 0.178. The molecule has 0 spiro atoms. The molecule has 0 unspecified atom stereocenters. The molecule has 3 nitrogen and oxygen atoms in total. The van der Waals surface area contributed by atoms with Gasteiger partial charge in [0.25, 0.3) is 0 Å². The van der Waals surface area contributed by atoms with Gasteiger partial charge in [0.05, 0.1) is 4.88 Å². The quantitative estimate of drug-likeness (QED) is 0.897. The van der Waals surface area contributed by atoms with Crippen molar-refractivity contribution in [2.24, 2.45) is 0 Å². The summed E-state index contributed by atoms with van der Waals surface area (Å²) in [6.45, 7) is 3.24. The largest absolute Gasteiger partial charge is 0.488 e. The summed E-state index contributed by atoms with van der Waals surface area (Å²) in [6, 6.07) is 4.48. The van der Waals surface area contributed by atoms with Crippen LogP contribution >= 0.6 is 27.3 Å². The summed E-state index contributed by atoms with van der Waals surface area (Å²) in [5, 5.41) is 4.00. The number of halogens is 2. The molecule has 0 aliphatic carbocycles. The fourth-order valence-corrected chi connectivity index (χ4v) is 2.61. The Morgan fingerprint density at radius 3 is 3.00 bits per heavy atom. The van der Waals surface area contributed by atoms with Crippen LogP contribution < -0.4 is 10.1 Å². The normalized spacial score (nSPS) is 10.4. The Morgan fingerprint density at radius 1 is 1.44 bits per heavy atom. The first-order valence-corrected chi connectivity index (χ1v) is 7.06. The predicted octanol–water partition coefficient (Wildman–Crippen LogP) is 4.06. The zero-order valence-corrected chi connectivity index (χ0v) is 12.1. The van der Waals surface area contributed by atoms with E-state index < -0.39 is 0 Å². The van der Waals surface area contributed by atoms with Crippen molar-refractivity contribution < 1.29 is 9.13 Å². The number of rotatable bonds is 5. The number of aromatic nitrogens is 1. The molecule has 0 aliphatic heterocycles. The van der Waals surface area contributed by atoms with E-state index in [1.165, 1.54) is 23.5 Å². The van der Waals surface area contributed by atoms with Crippen LogP contribution in [0.1, 0.15) is 11.8 Å². The van der Waals surface area contributed by atoms with Crippen LogP contribution in [0.2, 0.25) is 0 Å². The number of anilines is 1. The van der Waals surface area contributed by atoms with Gasteiger partial charge in [-0.25, -0.2) is 9.37 Å². The van der Waals surface area contributed by atoms with Crippen LogP contribution in [0.3, 0.4) is 0 Å². The molecule has 0 radical (unpaired) electrons. The zero-order chi connectivity index (χ0) is 13.0. The Labute approximate surface area is 117 Å². The van der Waals surface area contributed by atoms with Gasteiger partial charge in [0.15, 0.2) is 5.13 Å². The lowest BCUT2D eigenvalue weighted by molar-refractivity contribution is 0.307. The highest BCUT2D eigenvalue weighted by Gasteiger charge is 2.04. The van der Waals surface area contributed by atoms with Crippen molar-refractivity contribution in [3.8, 4) is 5.75 Å².